The first-order valence-electron chi connectivity index (χ1n) is 5.88. The van der Waals surface area contributed by atoms with Crippen LogP contribution in [0.3, 0.4) is 0 Å². The summed E-state index contributed by atoms with van der Waals surface area (Å²) in [6.07, 6.45) is 3.74. The van der Waals surface area contributed by atoms with Gasteiger partial charge in [0, 0.05) is 11.1 Å². The maximum absolute atomic E-state index is 5.94. The third-order valence-corrected chi connectivity index (χ3v) is 3.15. The Kier molecular flexibility index (Phi) is 4.08. The van der Waals surface area contributed by atoms with Gasteiger partial charge in [-0.1, -0.05) is 11.6 Å². The van der Waals surface area contributed by atoms with Crippen LogP contribution in [0.2, 0.25) is 5.02 Å². The zero-order chi connectivity index (χ0) is 11.4. The second-order valence-corrected chi connectivity index (χ2v) is 4.75. The molecule has 1 N–H and O–H groups in total. The topological polar surface area (TPSA) is 21.3 Å². The molecule has 0 spiro atoms. The summed E-state index contributed by atoms with van der Waals surface area (Å²) in [7, 11) is 0. The first kappa shape index (κ1) is 11.7. The number of hydrogen-bond acceptors (Lipinski definition) is 2. The summed E-state index contributed by atoms with van der Waals surface area (Å²) >= 11 is 5.94. The zero-order valence-electron chi connectivity index (χ0n) is 9.63. The third kappa shape index (κ3) is 3.69. The van der Waals surface area contributed by atoms with Crippen molar-refractivity contribution in [2.45, 2.75) is 32.2 Å². The van der Waals surface area contributed by atoms with E-state index in [1.54, 1.807) is 0 Å². The fourth-order valence-corrected chi connectivity index (χ4v) is 1.68. The van der Waals surface area contributed by atoms with E-state index in [1.807, 2.05) is 25.1 Å². The van der Waals surface area contributed by atoms with Crippen LogP contribution >= 0.6 is 11.6 Å². The molecule has 0 aliphatic heterocycles. The largest absolute Gasteiger partial charge is 0.494 e. The highest BCUT2D eigenvalue weighted by molar-refractivity contribution is 6.31. The van der Waals surface area contributed by atoms with Crippen LogP contribution in [-0.2, 0) is 0 Å². The lowest BCUT2D eigenvalue weighted by atomic mass is 10.2. The number of benzene rings is 1. The number of nitrogens with one attached hydrogen (secondary N) is 1. The molecular formula is C13H18ClNO. The monoisotopic (exact) mass is 239 g/mol. The van der Waals surface area contributed by atoms with Crippen LogP contribution in [-0.4, -0.2) is 19.2 Å². The van der Waals surface area contributed by atoms with Gasteiger partial charge in [-0.3, -0.25) is 0 Å². The van der Waals surface area contributed by atoms with E-state index in [0.29, 0.717) is 0 Å². The molecule has 1 aromatic carbocycles. The SMILES string of the molecule is Cc1cc(OCCCNC2CC2)ccc1Cl. The van der Waals surface area contributed by atoms with Gasteiger partial charge in [0.1, 0.15) is 5.75 Å². The summed E-state index contributed by atoms with van der Waals surface area (Å²) in [6, 6.07) is 6.58. The number of rotatable bonds is 6. The molecule has 88 valence electrons. The Morgan fingerprint density at radius 1 is 1.44 bits per heavy atom. The van der Waals surface area contributed by atoms with Gasteiger partial charge in [0.25, 0.3) is 0 Å². The molecule has 0 saturated heterocycles. The van der Waals surface area contributed by atoms with Gasteiger partial charge in [-0.25, -0.2) is 0 Å². The minimum Gasteiger partial charge on any atom is -0.494 e. The van der Waals surface area contributed by atoms with Crippen LogP contribution in [0.1, 0.15) is 24.8 Å². The lowest BCUT2D eigenvalue weighted by molar-refractivity contribution is 0.308. The quantitative estimate of drug-likeness (QED) is 0.770. The molecule has 0 atom stereocenters. The minimum atomic E-state index is 0.765. The number of halogens is 1. The normalized spacial score (nSPS) is 15.1. The Morgan fingerprint density at radius 3 is 2.94 bits per heavy atom. The lowest BCUT2D eigenvalue weighted by Crippen LogP contribution is -2.19. The van der Waals surface area contributed by atoms with E-state index in [1.165, 1.54) is 12.8 Å². The molecule has 0 bridgehead atoms. The van der Waals surface area contributed by atoms with Crippen molar-refractivity contribution >= 4 is 11.6 Å². The molecule has 0 radical (unpaired) electrons. The van der Waals surface area contributed by atoms with Gasteiger partial charge < -0.3 is 10.1 Å². The van der Waals surface area contributed by atoms with E-state index < -0.39 is 0 Å². The van der Waals surface area contributed by atoms with E-state index >= 15 is 0 Å². The first-order chi connectivity index (χ1) is 7.75. The third-order valence-electron chi connectivity index (χ3n) is 2.73. The average molecular weight is 240 g/mol. The van der Waals surface area contributed by atoms with Crippen LogP contribution in [0.25, 0.3) is 0 Å². The Morgan fingerprint density at radius 2 is 2.25 bits per heavy atom. The molecule has 1 fully saturated rings. The van der Waals surface area contributed by atoms with Gasteiger partial charge in [0.15, 0.2) is 0 Å². The smallest absolute Gasteiger partial charge is 0.119 e. The molecule has 0 heterocycles. The van der Waals surface area contributed by atoms with Crippen molar-refractivity contribution in [1.29, 1.82) is 0 Å². The highest BCUT2D eigenvalue weighted by atomic mass is 35.5. The molecule has 2 rings (SSSR count). The molecule has 2 nitrogen and oxygen atoms in total. The summed E-state index contributed by atoms with van der Waals surface area (Å²) < 4.78 is 5.65. The van der Waals surface area contributed by atoms with E-state index in [9.17, 15) is 0 Å². The van der Waals surface area contributed by atoms with Gasteiger partial charge in [-0.05, 0) is 56.5 Å². The van der Waals surface area contributed by atoms with Gasteiger partial charge in [0.2, 0.25) is 0 Å². The number of ether oxygens (including phenoxy) is 1. The lowest BCUT2D eigenvalue weighted by Gasteiger charge is -2.08. The van der Waals surface area contributed by atoms with Gasteiger partial charge >= 0.3 is 0 Å². The molecule has 1 aromatic rings. The maximum Gasteiger partial charge on any atom is 0.119 e. The summed E-state index contributed by atoms with van der Waals surface area (Å²) in [4.78, 5) is 0. The van der Waals surface area contributed by atoms with E-state index in [0.717, 1.165) is 41.9 Å². The molecule has 0 unspecified atom stereocenters. The summed E-state index contributed by atoms with van der Waals surface area (Å²) in [5.41, 5.74) is 1.07. The van der Waals surface area contributed by atoms with Crippen molar-refractivity contribution < 1.29 is 4.74 Å². The zero-order valence-corrected chi connectivity index (χ0v) is 10.4. The highest BCUT2D eigenvalue weighted by Gasteiger charge is 2.19. The van der Waals surface area contributed by atoms with E-state index in [-0.39, 0.29) is 0 Å². The van der Waals surface area contributed by atoms with E-state index in [4.69, 9.17) is 16.3 Å². The Labute approximate surface area is 102 Å². The second-order valence-electron chi connectivity index (χ2n) is 4.34. The van der Waals surface area contributed by atoms with Crippen molar-refractivity contribution in [3.05, 3.63) is 28.8 Å². The minimum absolute atomic E-state index is 0.765. The molecule has 0 aromatic heterocycles. The molecule has 1 aliphatic rings. The van der Waals surface area contributed by atoms with Crippen LogP contribution in [0, 0.1) is 6.92 Å². The summed E-state index contributed by atoms with van der Waals surface area (Å²) in [5, 5.41) is 4.26. The standard InChI is InChI=1S/C13H18ClNO/c1-10-9-12(5-6-13(10)14)16-8-2-7-15-11-3-4-11/h5-6,9,11,15H,2-4,7-8H2,1H3. The molecule has 1 aliphatic carbocycles. The summed E-state index contributed by atoms with van der Waals surface area (Å²) in [5.74, 6) is 0.910. The molecule has 16 heavy (non-hydrogen) atoms. The maximum atomic E-state index is 5.94. The molecule has 1 saturated carbocycles. The van der Waals surface area contributed by atoms with Crippen molar-refractivity contribution in [3.8, 4) is 5.75 Å². The molecular weight excluding hydrogens is 222 g/mol. The average Bonchev–Trinajstić information content (AvgIpc) is 3.07. The van der Waals surface area contributed by atoms with Crippen molar-refractivity contribution in [2.75, 3.05) is 13.2 Å². The van der Waals surface area contributed by atoms with Gasteiger partial charge in [0.05, 0.1) is 6.61 Å². The van der Waals surface area contributed by atoms with E-state index in [2.05, 4.69) is 5.32 Å². The molecule has 3 heteroatoms. The van der Waals surface area contributed by atoms with Crippen LogP contribution in [0.4, 0.5) is 0 Å². The Bertz CT molecular complexity index is 350. The predicted molar refractivity (Wildman–Crippen MR) is 67.3 cm³/mol. The van der Waals surface area contributed by atoms with Crippen molar-refractivity contribution in [3.63, 3.8) is 0 Å². The number of hydrogen-bond donors (Lipinski definition) is 1. The first-order valence-corrected chi connectivity index (χ1v) is 6.26. The van der Waals surface area contributed by atoms with Crippen LogP contribution < -0.4 is 10.1 Å². The van der Waals surface area contributed by atoms with Crippen molar-refractivity contribution in [1.82, 2.24) is 5.32 Å². The van der Waals surface area contributed by atoms with Crippen LogP contribution in [0.15, 0.2) is 18.2 Å². The fraction of sp³-hybridized carbons (Fsp3) is 0.538. The van der Waals surface area contributed by atoms with Gasteiger partial charge in [-0.15, -0.1) is 0 Å². The van der Waals surface area contributed by atoms with Crippen molar-refractivity contribution in [2.24, 2.45) is 0 Å². The Hall–Kier alpha value is -0.730. The fourth-order valence-electron chi connectivity index (χ4n) is 1.56. The Balaban J connectivity index is 1.65. The molecule has 0 amide bonds. The highest BCUT2D eigenvalue weighted by Crippen LogP contribution is 2.21. The van der Waals surface area contributed by atoms with Gasteiger partial charge in [-0.2, -0.15) is 0 Å². The number of aryl methyl sites for hydroxylation is 1. The summed E-state index contributed by atoms with van der Waals surface area (Å²) in [6.45, 7) is 3.81. The predicted octanol–water partition coefficient (Wildman–Crippen LogP) is 3.17. The van der Waals surface area contributed by atoms with Crippen LogP contribution in [0.5, 0.6) is 5.75 Å². The second kappa shape index (κ2) is 5.55.